The van der Waals surface area contributed by atoms with E-state index in [1.807, 2.05) is 0 Å². The highest BCUT2D eigenvalue weighted by Crippen LogP contribution is 2.46. The molecule has 0 aromatic heterocycles. The number of nitrogens with one attached hydrogen (secondary N) is 1. The molecule has 1 aliphatic carbocycles. The van der Waals surface area contributed by atoms with E-state index in [0.29, 0.717) is 5.75 Å². The first-order valence-corrected chi connectivity index (χ1v) is 9.29. The topological polar surface area (TPSA) is 64.6 Å². The van der Waals surface area contributed by atoms with Crippen LogP contribution in [0.5, 0.6) is 5.75 Å². The van der Waals surface area contributed by atoms with E-state index in [0.717, 1.165) is 45.3 Å². The number of benzene rings is 1. The first-order valence-electron chi connectivity index (χ1n) is 7.80. The largest absolute Gasteiger partial charge is 0.495 e. The fourth-order valence-electron chi connectivity index (χ4n) is 3.79. The molecule has 1 aliphatic heterocycles. The predicted octanol–water partition coefficient (Wildman–Crippen LogP) is 2.32. The van der Waals surface area contributed by atoms with Gasteiger partial charge in [-0.2, -0.15) is 0 Å². The van der Waals surface area contributed by atoms with Crippen LogP contribution < -0.4 is 9.46 Å². The van der Waals surface area contributed by atoms with Gasteiger partial charge in [0, 0.05) is 19.3 Å². The van der Waals surface area contributed by atoms with E-state index in [1.54, 1.807) is 24.3 Å². The van der Waals surface area contributed by atoms with Crippen molar-refractivity contribution in [2.24, 2.45) is 5.41 Å². The van der Waals surface area contributed by atoms with Crippen LogP contribution in [0.15, 0.2) is 29.2 Å². The van der Waals surface area contributed by atoms with E-state index in [-0.39, 0.29) is 16.4 Å². The Kier molecular flexibility index (Phi) is 4.43. The Morgan fingerprint density at radius 3 is 2.68 bits per heavy atom. The first kappa shape index (κ1) is 15.8. The molecule has 2 aliphatic rings. The standard InChI is InChI=1S/C16H23NO4S/c1-20-13-5-2-3-6-14(13)22(18,19)17-15-7-4-8-16(15)9-11-21-12-10-16/h2-3,5-6,15,17H,4,7-12H2,1H3. The summed E-state index contributed by atoms with van der Waals surface area (Å²) in [7, 11) is -2.09. The van der Waals surface area contributed by atoms with Gasteiger partial charge >= 0.3 is 0 Å². The SMILES string of the molecule is COc1ccccc1S(=O)(=O)NC1CCCC12CCOCC2. The van der Waals surface area contributed by atoms with Crippen molar-refractivity contribution in [3.8, 4) is 5.75 Å². The summed E-state index contributed by atoms with van der Waals surface area (Å²) in [5, 5.41) is 0. The fourth-order valence-corrected chi connectivity index (χ4v) is 5.33. The number of rotatable bonds is 4. The summed E-state index contributed by atoms with van der Waals surface area (Å²) in [6.07, 6.45) is 4.92. The van der Waals surface area contributed by atoms with Crippen molar-refractivity contribution in [2.75, 3.05) is 20.3 Å². The zero-order valence-electron chi connectivity index (χ0n) is 12.9. The third-order valence-electron chi connectivity index (χ3n) is 5.05. The van der Waals surface area contributed by atoms with Crippen LogP contribution in [0.25, 0.3) is 0 Å². The minimum absolute atomic E-state index is 0.00804. The molecule has 22 heavy (non-hydrogen) atoms. The second-order valence-corrected chi connectivity index (χ2v) is 7.87. The second-order valence-electron chi connectivity index (χ2n) is 6.19. The van der Waals surface area contributed by atoms with Gasteiger partial charge in [0.1, 0.15) is 10.6 Å². The minimum Gasteiger partial charge on any atom is -0.495 e. The monoisotopic (exact) mass is 325 g/mol. The lowest BCUT2D eigenvalue weighted by atomic mass is 9.76. The van der Waals surface area contributed by atoms with Crippen molar-refractivity contribution in [1.29, 1.82) is 0 Å². The van der Waals surface area contributed by atoms with Crippen LogP contribution in [-0.2, 0) is 14.8 Å². The Hall–Kier alpha value is -1.11. The molecule has 1 heterocycles. The van der Waals surface area contributed by atoms with Gasteiger partial charge in [-0.15, -0.1) is 0 Å². The molecule has 5 nitrogen and oxygen atoms in total. The minimum atomic E-state index is -3.58. The van der Waals surface area contributed by atoms with Gasteiger partial charge in [-0.05, 0) is 43.2 Å². The second kappa shape index (κ2) is 6.18. The Balaban J connectivity index is 1.84. The van der Waals surface area contributed by atoms with E-state index in [1.165, 1.54) is 7.11 Å². The number of para-hydroxylation sites is 1. The van der Waals surface area contributed by atoms with Gasteiger partial charge in [0.05, 0.1) is 7.11 Å². The van der Waals surface area contributed by atoms with Crippen LogP contribution in [0.4, 0.5) is 0 Å². The molecule has 1 aromatic carbocycles. The third-order valence-corrected chi connectivity index (χ3v) is 6.56. The number of methoxy groups -OCH3 is 1. The molecule has 0 bridgehead atoms. The molecule has 122 valence electrons. The highest BCUT2D eigenvalue weighted by atomic mass is 32.2. The lowest BCUT2D eigenvalue weighted by Gasteiger charge is -2.39. The van der Waals surface area contributed by atoms with Gasteiger partial charge in [0.25, 0.3) is 0 Å². The zero-order valence-corrected chi connectivity index (χ0v) is 13.7. The van der Waals surface area contributed by atoms with E-state index < -0.39 is 10.0 Å². The summed E-state index contributed by atoms with van der Waals surface area (Å²) in [6.45, 7) is 1.46. The molecule has 2 fully saturated rings. The third kappa shape index (κ3) is 2.87. The highest BCUT2D eigenvalue weighted by molar-refractivity contribution is 7.89. The van der Waals surface area contributed by atoms with Gasteiger partial charge < -0.3 is 9.47 Å². The van der Waals surface area contributed by atoms with Crippen molar-refractivity contribution < 1.29 is 17.9 Å². The van der Waals surface area contributed by atoms with Gasteiger partial charge in [-0.3, -0.25) is 0 Å². The fraction of sp³-hybridized carbons (Fsp3) is 0.625. The molecular formula is C16H23NO4S. The number of hydrogen-bond acceptors (Lipinski definition) is 4. The molecule has 1 unspecified atom stereocenters. The summed E-state index contributed by atoms with van der Waals surface area (Å²) in [4.78, 5) is 0.214. The summed E-state index contributed by atoms with van der Waals surface area (Å²) in [6, 6.07) is 6.75. The van der Waals surface area contributed by atoms with Gasteiger partial charge in [-0.1, -0.05) is 18.6 Å². The summed E-state index contributed by atoms with van der Waals surface area (Å²) in [5.74, 6) is 0.383. The van der Waals surface area contributed by atoms with Crippen LogP contribution in [-0.4, -0.2) is 34.8 Å². The van der Waals surface area contributed by atoms with Crippen LogP contribution in [0.2, 0.25) is 0 Å². The van der Waals surface area contributed by atoms with Crippen molar-refractivity contribution in [2.45, 2.75) is 43.0 Å². The molecule has 6 heteroatoms. The maximum absolute atomic E-state index is 12.8. The maximum Gasteiger partial charge on any atom is 0.244 e. The molecule has 1 saturated carbocycles. The van der Waals surface area contributed by atoms with E-state index in [4.69, 9.17) is 9.47 Å². The Morgan fingerprint density at radius 2 is 1.95 bits per heavy atom. The van der Waals surface area contributed by atoms with Crippen molar-refractivity contribution in [1.82, 2.24) is 4.72 Å². The van der Waals surface area contributed by atoms with Gasteiger partial charge in [0.15, 0.2) is 0 Å². The van der Waals surface area contributed by atoms with Crippen LogP contribution in [0.1, 0.15) is 32.1 Å². The molecule has 1 saturated heterocycles. The Bertz CT molecular complexity index is 623. The normalized spacial score (nSPS) is 24.5. The molecule has 1 spiro atoms. The molecular weight excluding hydrogens is 302 g/mol. The molecule has 1 N–H and O–H groups in total. The van der Waals surface area contributed by atoms with Crippen LogP contribution >= 0.6 is 0 Å². The summed E-state index contributed by atoms with van der Waals surface area (Å²) >= 11 is 0. The number of sulfonamides is 1. The highest BCUT2D eigenvalue weighted by Gasteiger charge is 2.45. The van der Waals surface area contributed by atoms with Crippen molar-refractivity contribution in [3.63, 3.8) is 0 Å². The number of ether oxygens (including phenoxy) is 2. The quantitative estimate of drug-likeness (QED) is 0.923. The summed E-state index contributed by atoms with van der Waals surface area (Å²) in [5.41, 5.74) is 0.0628. The first-order chi connectivity index (χ1) is 10.6. The van der Waals surface area contributed by atoms with Crippen molar-refractivity contribution >= 4 is 10.0 Å². The molecule has 1 atom stereocenters. The van der Waals surface area contributed by atoms with E-state index in [9.17, 15) is 8.42 Å². The van der Waals surface area contributed by atoms with Gasteiger partial charge in [0.2, 0.25) is 10.0 Å². The maximum atomic E-state index is 12.8. The average molecular weight is 325 g/mol. The smallest absolute Gasteiger partial charge is 0.244 e. The van der Waals surface area contributed by atoms with E-state index in [2.05, 4.69) is 4.72 Å². The Labute approximate surface area is 132 Å². The molecule has 0 radical (unpaired) electrons. The van der Waals surface area contributed by atoms with Crippen molar-refractivity contribution in [3.05, 3.63) is 24.3 Å². The Morgan fingerprint density at radius 1 is 1.23 bits per heavy atom. The lowest BCUT2D eigenvalue weighted by molar-refractivity contribution is 0.00800. The molecule has 3 rings (SSSR count). The summed E-state index contributed by atoms with van der Waals surface area (Å²) < 4.78 is 39.1. The lowest BCUT2D eigenvalue weighted by Crippen LogP contribution is -2.47. The number of hydrogen-bond donors (Lipinski definition) is 1. The molecule has 1 aromatic rings. The van der Waals surface area contributed by atoms with Crippen LogP contribution in [0.3, 0.4) is 0 Å². The molecule has 0 amide bonds. The predicted molar refractivity (Wildman–Crippen MR) is 83.4 cm³/mol. The van der Waals surface area contributed by atoms with E-state index >= 15 is 0 Å². The average Bonchev–Trinajstić information content (AvgIpc) is 2.89. The van der Waals surface area contributed by atoms with Gasteiger partial charge in [-0.25, -0.2) is 13.1 Å². The zero-order chi connectivity index (χ0) is 15.6. The van der Waals surface area contributed by atoms with Crippen LogP contribution in [0, 0.1) is 5.41 Å².